The highest BCUT2D eigenvalue weighted by molar-refractivity contribution is 6.32. The lowest BCUT2D eigenvalue weighted by atomic mass is 9.90. The first-order chi connectivity index (χ1) is 9.41. The highest BCUT2D eigenvalue weighted by atomic mass is 35.5. The number of hydrogen-bond acceptors (Lipinski definition) is 5. The molecule has 0 spiro atoms. The third-order valence-corrected chi connectivity index (χ3v) is 3.40. The predicted octanol–water partition coefficient (Wildman–Crippen LogP) is 1.36. The van der Waals surface area contributed by atoms with Crippen molar-refractivity contribution in [2.24, 2.45) is 5.41 Å². The molecule has 7 heteroatoms. The fourth-order valence-electron chi connectivity index (χ4n) is 1.65. The Morgan fingerprint density at radius 3 is 2.85 bits per heavy atom. The van der Waals surface area contributed by atoms with Gasteiger partial charge in [-0.05, 0) is 11.8 Å². The number of ether oxygens (including phenoxy) is 1. The SMILES string of the molecule is COCCn1ncc(NCC(C)(C)CCO)c(Cl)c1=O. The van der Waals surface area contributed by atoms with Crippen LogP contribution in [-0.2, 0) is 11.3 Å². The van der Waals surface area contributed by atoms with Crippen LogP contribution in [0.2, 0.25) is 5.02 Å². The molecule has 1 aromatic heterocycles. The molecule has 0 aliphatic heterocycles. The summed E-state index contributed by atoms with van der Waals surface area (Å²) in [5, 5.41) is 16.3. The minimum absolute atomic E-state index is 0.0943. The van der Waals surface area contributed by atoms with Gasteiger partial charge in [-0.3, -0.25) is 4.79 Å². The number of rotatable bonds is 8. The summed E-state index contributed by atoms with van der Waals surface area (Å²) >= 11 is 6.06. The number of aliphatic hydroxyl groups excluding tert-OH is 1. The van der Waals surface area contributed by atoms with Crippen LogP contribution in [-0.4, -0.2) is 41.8 Å². The number of halogens is 1. The van der Waals surface area contributed by atoms with Gasteiger partial charge >= 0.3 is 0 Å². The molecule has 2 N–H and O–H groups in total. The normalized spacial score (nSPS) is 11.7. The van der Waals surface area contributed by atoms with Gasteiger partial charge in [0, 0.05) is 20.3 Å². The first-order valence-electron chi connectivity index (χ1n) is 6.50. The van der Waals surface area contributed by atoms with Gasteiger partial charge in [-0.1, -0.05) is 25.4 Å². The Morgan fingerprint density at radius 1 is 1.55 bits per heavy atom. The molecule has 0 fully saturated rings. The summed E-state index contributed by atoms with van der Waals surface area (Å²) in [5.41, 5.74) is 0.0771. The van der Waals surface area contributed by atoms with E-state index < -0.39 is 0 Å². The molecular weight excluding hydrogens is 282 g/mol. The summed E-state index contributed by atoms with van der Waals surface area (Å²) in [6.45, 7) is 5.54. The third kappa shape index (κ3) is 4.77. The first kappa shape index (κ1) is 16.9. The van der Waals surface area contributed by atoms with Gasteiger partial charge in [0.15, 0.2) is 0 Å². The van der Waals surface area contributed by atoms with E-state index in [-0.39, 0.29) is 22.6 Å². The minimum atomic E-state index is -0.339. The maximum Gasteiger partial charge on any atom is 0.287 e. The lowest BCUT2D eigenvalue weighted by molar-refractivity contribution is 0.182. The Morgan fingerprint density at radius 2 is 2.25 bits per heavy atom. The minimum Gasteiger partial charge on any atom is -0.396 e. The molecule has 0 unspecified atom stereocenters. The summed E-state index contributed by atoms with van der Waals surface area (Å²) in [7, 11) is 1.56. The van der Waals surface area contributed by atoms with Crippen LogP contribution in [0.4, 0.5) is 5.69 Å². The van der Waals surface area contributed by atoms with E-state index in [1.807, 2.05) is 13.8 Å². The van der Waals surface area contributed by atoms with E-state index in [0.29, 0.717) is 31.8 Å². The van der Waals surface area contributed by atoms with Crippen LogP contribution in [0, 0.1) is 5.41 Å². The molecular formula is C13H22ClN3O3. The van der Waals surface area contributed by atoms with Crippen LogP contribution >= 0.6 is 11.6 Å². The average Bonchev–Trinajstić information content (AvgIpc) is 2.39. The van der Waals surface area contributed by atoms with E-state index in [2.05, 4.69) is 10.4 Å². The van der Waals surface area contributed by atoms with Crippen molar-refractivity contribution in [1.82, 2.24) is 9.78 Å². The Hall–Kier alpha value is -1.11. The molecule has 1 aromatic rings. The standard InChI is InChI=1S/C13H22ClN3O3/c1-13(2,4-6-18)9-15-10-8-16-17(5-7-20-3)12(19)11(10)14/h8,15,18H,4-7,9H2,1-3H3. The van der Waals surface area contributed by atoms with Crippen molar-refractivity contribution >= 4 is 17.3 Å². The van der Waals surface area contributed by atoms with Crippen molar-refractivity contribution in [3.63, 3.8) is 0 Å². The van der Waals surface area contributed by atoms with Gasteiger partial charge in [-0.25, -0.2) is 4.68 Å². The van der Waals surface area contributed by atoms with Crippen LogP contribution in [0.25, 0.3) is 0 Å². The van der Waals surface area contributed by atoms with Crippen molar-refractivity contribution in [1.29, 1.82) is 0 Å². The van der Waals surface area contributed by atoms with Crippen molar-refractivity contribution < 1.29 is 9.84 Å². The molecule has 0 radical (unpaired) electrons. The topological polar surface area (TPSA) is 76.4 Å². The molecule has 0 amide bonds. The maximum absolute atomic E-state index is 12.0. The highest BCUT2D eigenvalue weighted by Gasteiger charge is 2.18. The van der Waals surface area contributed by atoms with Crippen LogP contribution in [0.3, 0.4) is 0 Å². The second-order valence-electron chi connectivity index (χ2n) is 5.38. The summed E-state index contributed by atoms with van der Waals surface area (Å²) in [4.78, 5) is 12.0. The Kier molecular flexibility index (Phi) is 6.45. The van der Waals surface area contributed by atoms with Gasteiger partial charge in [0.1, 0.15) is 5.02 Å². The van der Waals surface area contributed by atoms with E-state index in [1.54, 1.807) is 7.11 Å². The number of anilines is 1. The molecule has 0 saturated heterocycles. The van der Waals surface area contributed by atoms with Crippen molar-refractivity contribution in [2.45, 2.75) is 26.8 Å². The zero-order valence-electron chi connectivity index (χ0n) is 12.1. The average molecular weight is 304 g/mol. The van der Waals surface area contributed by atoms with Crippen LogP contribution in [0.5, 0.6) is 0 Å². The van der Waals surface area contributed by atoms with E-state index in [4.69, 9.17) is 21.4 Å². The number of aliphatic hydroxyl groups is 1. The number of nitrogens with one attached hydrogen (secondary N) is 1. The first-order valence-corrected chi connectivity index (χ1v) is 6.88. The van der Waals surface area contributed by atoms with Crippen molar-refractivity contribution in [3.8, 4) is 0 Å². The largest absolute Gasteiger partial charge is 0.396 e. The quantitative estimate of drug-likeness (QED) is 0.758. The Labute approximate surface area is 123 Å². The lowest BCUT2D eigenvalue weighted by Crippen LogP contribution is -2.28. The molecule has 114 valence electrons. The number of methoxy groups -OCH3 is 1. The smallest absolute Gasteiger partial charge is 0.287 e. The molecule has 0 saturated carbocycles. The molecule has 20 heavy (non-hydrogen) atoms. The van der Waals surface area contributed by atoms with Crippen molar-refractivity contribution in [2.75, 3.05) is 32.2 Å². The molecule has 0 aliphatic rings. The predicted molar refractivity (Wildman–Crippen MR) is 79.4 cm³/mol. The molecule has 1 heterocycles. The van der Waals surface area contributed by atoms with Crippen LogP contribution in [0.1, 0.15) is 20.3 Å². The second kappa shape index (κ2) is 7.61. The molecule has 0 aliphatic carbocycles. The molecule has 0 aromatic carbocycles. The van der Waals surface area contributed by atoms with Crippen LogP contribution in [0.15, 0.2) is 11.0 Å². The number of nitrogens with zero attached hydrogens (tertiary/aromatic N) is 2. The zero-order chi connectivity index (χ0) is 15.2. The molecule has 1 rings (SSSR count). The molecule has 6 nitrogen and oxygen atoms in total. The van der Waals surface area contributed by atoms with Crippen molar-refractivity contribution in [3.05, 3.63) is 21.6 Å². The van der Waals surface area contributed by atoms with Gasteiger partial charge in [0.2, 0.25) is 0 Å². The Bertz CT molecular complexity index is 488. The van der Waals surface area contributed by atoms with E-state index in [9.17, 15) is 4.79 Å². The van der Waals surface area contributed by atoms with Gasteiger partial charge in [0.25, 0.3) is 5.56 Å². The second-order valence-corrected chi connectivity index (χ2v) is 5.76. The van der Waals surface area contributed by atoms with Gasteiger partial charge in [-0.2, -0.15) is 5.10 Å². The van der Waals surface area contributed by atoms with E-state index >= 15 is 0 Å². The highest BCUT2D eigenvalue weighted by Crippen LogP contribution is 2.22. The lowest BCUT2D eigenvalue weighted by Gasteiger charge is -2.24. The number of hydrogen-bond donors (Lipinski definition) is 2. The van der Waals surface area contributed by atoms with E-state index in [1.165, 1.54) is 10.9 Å². The van der Waals surface area contributed by atoms with Crippen LogP contribution < -0.4 is 10.9 Å². The zero-order valence-corrected chi connectivity index (χ0v) is 12.9. The summed E-state index contributed by atoms with van der Waals surface area (Å²) < 4.78 is 6.18. The van der Waals surface area contributed by atoms with Gasteiger partial charge in [-0.15, -0.1) is 0 Å². The summed E-state index contributed by atoms with van der Waals surface area (Å²) in [5.74, 6) is 0. The summed E-state index contributed by atoms with van der Waals surface area (Å²) in [6, 6.07) is 0. The summed E-state index contributed by atoms with van der Waals surface area (Å²) in [6.07, 6.45) is 2.20. The fraction of sp³-hybridized carbons (Fsp3) is 0.692. The van der Waals surface area contributed by atoms with Gasteiger partial charge in [0.05, 0.1) is 25.0 Å². The number of aromatic nitrogens is 2. The Balaban J connectivity index is 2.78. The monoisotopic (exact) mass is 303 g/mol. The third-order valence-electron chi connectivity index (χ3n) is 3.04. The van der Waals surface area contributed by atoms with E-state index in [0.717, 1.165) is 0 Å². The van der Waals surface area contributed by atoms with Gasteiger partial charge < -0.3 is 15.2 Å². The fourth-order valence-corrected chi connectivity index (χ4v) is 1.86. The maximum atomic E-state index is 12.0. The molecule has 0 atom stereocenters. The molecule has 0 bridgehead atoms.